The fourth-order valence-electron chi connectivity index (χ4n) is 3.98. The molecule has 3 heterocycles. The Balaban J connectivity index is 1.23. The zero-order chi connectivity index (χ0) is 21.8. The van der Waals surface area contributed by atoms with Crippen molar-refractivity contribution in [3.63, 3.8) is 0 Å². The third-order valence-electron chi connectivity index (χ3n) is 5.78. The number of nitrogens with zero attached hydrogens (tertiary/aromatic N) is 4. The highest BCUT2D eigenvalue weighted by Crippen LogP contribution is 2.32. The Morgan fingerprint density at radius 1 is 0.839 bits per heavy atom. The largest absolute Gasteiger partial charge is 0.454 e. The minimum Gasteiger partial charge on any atom is -0.454 e. The average molecular weight is 432 g/mol. The van der Waals surface area contributed by atoms with Gasteiger partial charge in [-0.05, 0) is 24.6 Å². The van der Waals surface area contributed by atoms with Crippen LogP contribution in [-0.2, 0) is 20.9 Å². The minimum atomic E-state index is -0.493. The molecule has 3 amide bonds. The van der Waals surface area contributed by atoms with Crippen molar-refractivity contribution in [2.75, 3.05) is 65.8 Å². The van der Waals surface area contributed by atoms with Crippen molar-refractivity contribution in [2.24, 2.45) is 0 Å². The summed E-state index contributed by atoms with van der Waals surface area (Å²) >= 11 is 0. The summed E-state index contributed by atoms with van der Waals surface area (Å²) in [6, 6.07) is 5.92. The molecule has 0 atom stereocenters. The van der Waals surface area contributed by atoms with Crippen LogP contribution in [0.15, 0.2) is 18.2 Å². The molecule has 0 spiro atoms. The van der Waals surface area contributed by atoms with Gasteiger partial charge in [-0.3, -0.25) is 14.5 Å². The molecule has 0 aliphatic carbocycles. The lowest BCUT2D eigenvalue weighted by molar-refractivity contribution is -0.153. The third kappa shape index (κ3) is 4.84. The van der Waals surface area contributed by atoms with Crippen molar-refractivity contribution in [2.45, 2.75) is 13.5 Å². The number of carbonyl (C=O) groups excluding carboxylic acids is 3. The molecule has 2 fully saturated rings. The fraction of sp³-hybridized carbons (Fsp3) is 0.571. The topological polar surface area (TPSA) is 91.9 Å². The van der Waals surface area contributed by atoms with Crippen molar-refractivity contribution in [1.82, 2.24) is 19.6 Å². The normalized spacial score (nSPS) is 18.8. The lowest BCUT2D eigenvalue weighted by Crippen LogP contribution is -2.56. The van der Waals surface area contributed by atoms with Crippen LogP contribution in [0.25, 0.3) is 0 Å². The zero-order valence-electron chi connectivity index (χ0n) is 17.7. The molecule has 0 aromatic heterocycles. The van der Waals surface area contributed by atoms with E-state index in [0.717, 1.165) is 23.6 Å². The summed E-state index contributed by atoms with van der Waals surface area (Å²) in [6.07, 6.45) is -0.375. The van der Waals surface area contributed by atoms with Gasteiger partial charge in [0.15, 0.2) is 11.5 Å². The molecule has 0 saturated carbocycles. The molecule has 10 nitrogen and oxygen atoms in total. The molecule has 3 aliphatic rings. The van der Waals surface area contributed by atoms with E-state index in [0.29, 0.717) is 59.0 Å². The fourth-order valence-corrected chi connectivity index (χ4v) is 3.98. The number of hydrogen-bond acceptors (Lipinski definition) is 7. The Kier molecular flexibility index (Phi) is 6.45. The Hall–Kier alpha value is -3.01. The number of fused-ring (bicyclic) bond motifs is 1. The highest BCUT2D eigenvalue weighted by Gasteiger charge is 2.32. The van der Waals surface area contributed by atoms with Crippen LogP contribution < -0.4 is 9.47 Å². The van der Waals surface area contributed by atoms with Crippen LogP contribution in [0.5, 0.6) is 11.5 Å². The van der Waals surface area contributed by atoms with E-state index in [1.807, 2.05) is 18.2 Å². The van der Waals surface area contributed by atoms with Gasteiger partial charge < -0.3 is 28.9 Å². The minimum absolute atomic E-state index is 0.255. The predicted molar refractivity (Wildman–Crippen MR) is 110 cm³/mol. The Bertz CT molecular complexity index is 831. The maximum absolute atomic E-state index is 12.7. The highest BCUT2D eigenvalue weighted by atomic mass is 16.7. The summed E-state index contributed by atoms with van der Waals surface area (Å²) < 4.78 is 15.8. The van der Waals surface area contributed by atoms with E-state index in [1.165, 1.54) is 4.90 Å². The average Bonchev–Trinajstić information content (AvgIpc) is 3.27. The summed E-state index contributed by atoms with van der Waals surface area (Å²) in [7, 11) is 0. The molecule has 0 unspecified atom stereocenters. The highest BCUT2D eigenvalue weighted by molar-refractivity contribution is 6.34. The van der Waals surface area contributed by atoms with Crippen molar-refractivity contribution < 1.29 is 28.6 Å². The monoisotopic (exact) mass is 432 g/mol. The summed E-state index contributed by atoms with van der Waals surface area (Å²) in [5.74, 6) is 0.570. The second kappa shape index (κ2) is 9.42. The molecule has 2 saturated heterocycles. The van der Waals surface area contributed by atoms with Gasteiger partial charge in [0.05, 0.1) is 6.61 Å². The van der Waals surface area contributed by atoms with Crippen LogP contribution >= 0.6 is 0 Å². The maximum atomic E-state index is 12.7. The first kappa shape index (κ1) is 21.2. The lowest BCUT2D eigenvalue weighted by Gasteiger charge is -2.37. The van der Waals surface area contributed by atoms with E-state index in [9.17, 15) is 14.4 Å². The number of piperazine rings is 2. The third-order valence-corrected chi connectivity index (χ3v) is 5.78. The van der Waals surface area contributed by atoms with Crippen LogP contribution in [-0.4, -0.2) is 103 Å². The predicted octanol–water partition coefficient (Wildman–Crippen LogP) is 0.360. The van der Waals surface area contributed by atoms with Gasteiger partial charge in [0.2, 0.25) is 6.79 Å². The standard InChI is InChI=1S/C21H28N4O6/c1-2-29-21(28)25-11-9-24(10-12-25)20(27)19(26)23-7-5-22(6-8-23)14-16-3-4-17-18(13-16)31-15-30-17/h3-4,13H,2,5-12,14-15H2,1H3. The number of amides is 3. The van der Waals surface area contributed by atoms with Crippen LogP contribution in [0.4, 0.5) is 4.79 Å². The Labute approximate surface area is 181 Å². The number of ether oxygens (including phenoxy) is 3. The first-order valence-corrected chi connectivity index (χ1v) is 10.7. The molecule has 4 rings (SSSR count). The molecule has 0 bridgehead atoms. The SMILES string of the molecule is CCOC(=O)N1CCN(C(=O)C(=O)N2CCN(Cc3ccc4c(c3)OCO4)CC2)CC1. The van der Waals surface area contributed by atoms with E-state index in [1.54, 1.807) is 16.7 Å². The molecule has 0 radical (unpaired) electrons. The first-order chi connectivity index (χ1) is 15.0. The molecular weight excluding hydrogens is 404 g/mol. The van der Waals surface area contributed by atoms with Crippen LogP contribution in [0.3, 0.4) is 0 Å². The Morgan fingerprint density at radius 2 is 1.42 bits per heavy atom. The summed E-state index contributed by atoms with van der Waals surface area (Å²) in [5.41, 5.74) is 1.12. The second-order valence-electron chi connectivity index (χ2n) is 7.73. The van der Waals surface area contributed by atoms with E-state index < -0.39 is 11.8 Å². The Morgan fingerprint density at radius 3 is 2.06 bits per heavy atom. The summed E-state index contributed by atoms with van der Waals surface area (Å²) in [5, 5.41) is 0. The molecule has 3 aliphatic heterocycles. The quantitative estimate of drug-likeness (QED) is 0.637. The van der Waals surface area contributed by atoms with E-state index in [4.69, 9.17) is 14.2 Å². The molecule has 1 aromatic carbocycles. The molecule has 0 N–H and O–H groups in total. The zero-order valence-corrected chi connectivity index (χ0v) is 17.7. The first-order valence-electron chi connectivity index (χ1n) is 10.7. The van der Waals surface area contributed by atoms with Crippen molar-refractivity contribution in [1.29, 1.82) is 0 Å². The number of benzene rings is 1. The van der Waals surface area contributed by atoms with Crippen molar-refractivity contribution in [3.05, 3.63) is 23.8 Å². The number of rotatable bonds is 3. The summed E-state index contributed by atoms with van der Waals surface area (Å²) in [6.45, 7) is 6.93. The van der Waals surface area contributed by atoms with Gasteiger partial charge in [-0.1, -0.05) is 6.07 Å². The van der Waals surface area contributed by atoms with Crippen molar-refractivity contribution >= 4 is 17.9 Å². The molecule has 10 heteroatoms. The smallest absolute Gasteiger partial charge is 0.409 e. The van der Waals surface area contributed by atoms with Crippen LogP contribution in [0.2, 0.25) is 0 Å². The van der Waals surface area contributed by atoms with E-state index in [2.05, 4.69) is 4.90 Å². The summed E-state index contributed by atoms with van der Waals surface area (Å²) in [4.78, 5) is 44.1. The lowest BCUT2D eigenvalue weighted by atomic mass is 10.1. The van der Waals surface area contributed by atoms with Crippen LogP contribution in [0, 0.1) is 0 Å². The molecule has 1 aromatic rings. The van der Waals surface area contributed by atoms with Gasteiger partial charge in [0.1, 0.15) is 0 Å². The van der Waals surface area contributed by atoms with Gasteiger partial charge in [0.25, 0.3) is 0 Å². The van der Waals surface area contributed by atoms with Gasteiger partial charge in [-0.2, -0.15) is 0 Å². The van der Waals surface area contributed by atoms with Gasteiger partial charge in [-0.15, -0.1) is 0 Å². The van der Waals surface area contributed by atoms with Gasteiger partial charge >= 0.3 is 17.9 Å². The van der Waals surface area contributed by atoms with E-state index in [-0.39, 0.29) is 12.9 Å². The number of carbonyl (C=O) groups is 3. The van der Waals surface area contributed by atoms with E-state index >= 15 is 0 Å². The number of hydrogen-bond donors (Lipinski definition) is 0. The second-order valence-corrected chi connectivity index (χ2v) is 7.73. The molecular formula is C21H28N4O6. The maximum Gasteiger partial charge on any atom is 0.409 e. The molecule has 31 heavy (non-hydrogen) atoms. The molecule has 168 valence electrons. The van der Waals surface area contributed by atoms with Crippen LogP contribution in [0.1, 0.15) is 12.5 Å². The van der Waals surface area contributed by atoms with Crippen molar-refractivity contribution in [3.8, 4) is 11.5 Å². The van der Waals surface area contributed by atoms with Gasteiger partial charge in [0, 0.05) is 58.9 Å². The van der Waals surface area contributed by atoms with Gasteiger partial charge in [-0.25, -0.2) is 4.79 Å².